The van der Waals surface area contributed by atoms with Crippen molar-refractivity contribution in [3.63, 3.8) is 0 Å². The first kappa shape index (κ1) is 25.6. The van der Waals surface area contributed by atoms with Crippen LogP contribution in [0.25, 0.3) is 16.3 Å². The highest BCUT2D eigenvalue weighted by Crippen LogP contribution is 2.50. The Hall–Kier alpha value is -2.71. The van der Waals surface area contributed by atoms with Crippen LogP contribution in [-0.2, 0) is 23.7 Å². The van der Waals surface area contributed by atoms with Crippen LogP contribution in [0.5, 0.6) is 0 Å². The van der Waals surface area contributed by atoms with Crippen LogP contribution in [0.4, 0.5) is 5.69 Å². The summed E-state index contributed by atoms with van der Waals surface area (Å²) in [5.74, 6) is 0.172. The van der Waals surface area contributed by atoms with Gasteiger partial charge in [-0.05, 0) is 68.2 Å². The summed E-state index contributed by atoms with van der Waals surface area (Å²) in [7, 11) is 1.92. The number of anilines is 1. The Morgan fingerprint density at radius 1 is 1.13 bits per heavy atom. The Morgan fingerprint density at radius 3 is 2.74 bits per heavy atom. The lowest BCUT2D eigenvalue weighted by Gasteiger charge is -2.39. The first-order chi connectivity index (χ1) is 18.4. The maximum atomic E-state index is 13.5. The molecule has 0 saturated carbocycles. The van der Waals surface area contributed by atoms with Crippen LogP contribution in [-0.4, -0.2) is 51.8 Å². The average Bonchev–Trinajstić information content (AvgIpc) is 3.63. The number of aryl methyl sites for hydroxylation is 2. The van der Waals surface area contributed by atoms with E-state index in [1.54, 1.807) is 17.5 Å². The van der Waals surface area contributed by atoms with Crippen LogP contribution >= 0.6 is 34.5 Å². The Balaban J connectivity index is 1.18. The topological polar surface area (TPSA) is 54.3 Å². The zero-order chi connectivity index (χ0) is 26.3. The van der Waals surface area contributed by atoms with Gasteiger partial charge in [-0.15, -0.1) is 11.3 Å². The third-order valence-electron chi connectivity index (χ3n) is 8.01. The molecule has 9 heteroatoms. The standard InChI is InChI=1S/C29H29Cl2N5OS/c1-34-21(10-13-33-34)5-9-26(37)36-18-29(27-24(36)7-8-25-28(27)32-19-38-25)11-15-35(16-12-29)14-2-3-20-4-6-22(30)23(31)17-20/h2-4,6-8,10,13,17,19H,5,9,11-12,14-16,18H2,1H3/b3-2+. The number of nitrogens with zero attached hydrogens (tertiary/aromatic N) is 5. The van der Waals surface area contributed by atoms with E-state index < -0.39 is 0 Å². The molecular weight excluding hydrogens is 537 g/mol. The number of fused-ring (bicyclic) bond motifs is 4. The average molecular weight is 567 g/mol. The highest BCUT2D eigenvalue weighted by molar-refractivity contribution is 7.16. The van der Waals surface area contributed by atoms with Crippen LogP contribution in [0.15, 0.2) is 54.2 Å². The highest BCUT2D eigenvalue weighted by atomic mass is 35.5. The molecule has 2 aliphatic heterocycles. The number of aromatic nitrogens is 3. The van der Waals surface area contributed by atoms with Crippen molar-refractivity contribution >= 4 is 62.4 Å². The third-order valence-corrected chi connectivity index (χ3v) is 9.54. The molecule has 1 fully saturated rings. The minimum absolute atomic E-state index is 0.0605. The highest BCUT2D eigenvalue weighted by Gasteiger charge is 2.47. The number of piperidine rings is 1. The van der Waals surface area contributed by atoms with Gasteiger partial charge in [0.2, 0.25) is 5.91 Å². The minimum Gasteiger partial charge on any atom is -0.311 e. The quantitative estimate of drug-likeness (QED) is 0.273. The van der Waals surface area contributed by atoms with Gasteiger partial charge in [-0.3, -0.25) is 14.4 Å². The van der Waals surface area contributed by atoms with Crippen molar-refractivity contribution in [1.82, 2.24) is 19.7 Å². The number of likely N-dealkylation sites (tertiary alicyclic amines) is 1. The fraction of sp³-hybridized carbons (Fsp3) is 0.345. The first-order valence-electron chi connectivity index (χ1n) is 12.9. The predicted octanol–water partition coefficient (Wildman–Crippen LogP) is 6.36. The number of halogens is 2. The molecule has 1 saturated heterocycles. The van der Waals surface area contributed by atoms with Gasteiger partial charge in [0.15, 0.2) is 0 Å². The van der Waals surface area contributed by atoms with Crippen LogP contribution in [0.2, 0.25) is 10.0 Å². The van der Waals surface area contributed by atoms with Crippen molar-refractivity contribution in [2.45, 2.75) is 31.1 Å². The van der Waals surface area contributed by atoms with E-state index in [1.807, 2.05) is 46.4 Å². The van der Waals surface area contributed by atoms with Gasteiger partial charge in [0.25, 0.3) is 0 Å². The van der Waals surface area contributed by atoms with E-state index in [-0.39, 0.29) is 11.3 Å². The van der Waals surface area contributed by atoms with Crippen LogP contribution in [0.1, 0.15) is 36.1 Å². The number of amides is 1. The van der Waals surface area contributed by atoms with Crippen molar-refractivity contribution in [2.75, 3.05) is 31.1 Å². The monoisotopic (exact) mass is 565 g/mol. The van der Waals surface area contributed by atoms with Gasteiger partial charge < -0.3 is 4.90 Å². The van der Waals surface area contributed by atoms with Gasteiger partial charge >= 0.3 is 0 Å². The van der Waals surface area contributed by atoms with Gasteiger partial charge in [-0.2, -0.15) is 5.10 Å². The number of carbonyl (C=O) groups is 1. The molecule has 2 aromatic heterocycles. The molecule has 196 valence electrons. The van der Waals surface area contributed by atoms with Crippen molar-refractivity contribution in [2.24, 2.45) is 7.05 Å². The Labute approximate surface area is 236 Å². The lowest BCUT2D eigenvalue weighted by Crippen LogP contribution is -2.46. The molecule has 0 radical (unpaired) electrons. The molecule has 6 rings (SSSR count). The maximum Gasteiger partial charge on any atom is 0.227 e. The summed E-state index contributed by atoms with van der Waals surface area (Å²) in [5, 5.41) is 5.38. The van der Waals surface area contributed by atoms with Gasteiger partial charge in [0.1, 0.15) is 0 Å². The summed E-state index contributed by atoms with van der Waals surface area (Å²) in [6.45, 7) is 3.55. The molecule has 1 amide bonds. The fourth-order valence-electron chi connectivity index (χ4n) is 5.90. The fourth-order valence-corrected chi connectivity index (χ4v) is 6.89. The van der Waals surface area contributed by atoms with Crippen LogP contribution in [0, 0.1) is 0 Å². The second kappa shape index (κ2) is 10.5. The number of hydrogen-bond acceptors (Lipinski definition) is 5. The number of hydrogen-bond donors (Lipinski definition) is 0. The second-order valence-corrected chi connectivity index (χ2v) is 11.9. The summed E-state index contributed by atoms with van der Waals surface area (Å²) >= 11 is 13.9. The molecule has 2 aromatic carbocycles. The normalized spacial score (nSPS) is 17.2. The summed E-state index contributed by atoms with van der Waals surface area (Å²) in [6.07, 6.45) is 9.23. The van der Waals surface area contributed by atoms with Crippen LogP contribution < -0.4 is 4.90 Å². The zero-order valence-electron chi connectivity index (χ0n) is 21.2. The summed E-state index contributed by atoms with van der Waals surface area (Å²) in [6, 6.07) is 11.9. The van der Waals surface area contributed by atoms with Crippen LogP contribution in [0.3, 0.4) is 0 Å². The number of benzene rings is 2. The first-order valence-corrected chi connectivity index (χ1v) is 14.5. The third kappa shape index (κ3) is 4.77. The number of thiazole rings is 1. The lowest BCUT2D eigenvalue weighted by atomic mass is 9.74. The zero-order valence-corrected chi connectivity index (χ0v) is 23.6. The van der Waals surface area contributed by atoms with Gasteiger partial charge in [-0.25, -0.2) is 4.98 Å². The molecule has 0 N–H and O–H groups in total. The second-order valence-electron chi connectivity index (χ2n) is 10.2. The molecule has 4 aromatic rings. The van der Waals surface area contributed by atoms with E-state index in [0.717, 1.165) is 61.5 Å². The summed E-state index contributed by atoms with van der Waals surface area (Å²) < 4.78 is 3.04. The van der Waals surface area contributed by atoms with Crippen molar-refractivity contribution in [3.8, 4) is 0 Å². The van der Waals surface area contributed by atoms with Crippen molar-refractivity contribution in [3.05, 3.63) is 81.0 Å². The molecule has 6 nitrogen and oxygen atoms in total. The molecule has 1 spiro atoms. The molecule has 0 unspecified atom stereocenters. The lowest BCUT2D eigenvalue weighted by molar-refractivity contribution is -0.118. The Morgan fingerprint density at radius 2 is 1.97 bits per heavy atom. The number of rotatable bonds is 6. The van der Waals surface area contributed by atoms with E-state index in [1.165, 1.54) is 10.3 Å². The largest absolute Gasteiger partial charge is 0.311 e. The smallest absolute Gasteiger partial charge is 0.227 e. The molecule has 0 atom stereocenters. The SMILES string of the molecule is Cn1nccc1CCC(=O)N1CC2(CCN(C/C=C/c3ccc(Cl)c(Cl)c3)CC2)c2c1ccc1scnc21. The van der Waals surface area contributed by atoms with E-state index >= 15 is 0 Å². The molecule has 2 aliphatic rings. The maximum absolute atomic E-state index is 13.5. The molecule has 0 aliphatic carbocycles. The van der Waals surface area contributed by atoms with E-state index in [2.05, 4.69) is 34.3 Å². The Kier molecular flexibility index (Phi) is 7.03. The molecule has 38 heavy (non-hydrogen) atoms. The van der Waals surface area contributed by atoms with Crippen molar-refractivity contribution in [1.29, 1.82) is 0 Å². The molecular formula is C29H29Cl2N5OS. The summed E-state index contributed by atoms with van der Waals surface area (Å²) in [4.78, 5) is 22.8. The minimum atomic E-state index is -0.0605. The number of carbonyl (C=O) groups excluding carboxylic acids is 1. The van der Waals surface area contributed by atoms with Crippen molar-refractivity contribution < 1.29 is 4.79 Å². The molecule has 0 bridgehead atoms. The molecule has 4 heterocycles. The predicted molar refractivity (Wildman–Crippen MR) is 156 cm³/mol. The van der Waals surface area contributed by atoms with Gasteiger partial charge in [-0.1, -0.05) is 41.4 Å². The Bertz CT molecular complexity index is 1520. The summed E-state index contributed by atoms with van der Waals surface area (Å²) in [5.41, 5.74) is 7.38. The van der Waals surface area contributed by atoms with E-state index in [0.29, 0.717) is 22.9 Å². The van der Waals surface area contributed by atoms with E-state index in [9.17, 15) is 4.79 Å². The van der Waals surface area contributed by atoms with Gasteiger partial charge in [0, 0.05) is 55.1 Å². The van der Waals surface area contributed by atoms with E-state index in [4.69, 9.17) is 28.2 Å². The van der Waals surface area contributed by atoms with Gasteiger partial charge in [0.05, 0.1) is 25.8 Å².